The van der Waals surface area contributed by atoms with Gasteiger partial charge in [0.05, 0.1) is 6.04 Å². The van der Waals surface area contributed by atoms with Crippen LogP contribution >= 0.6 is 0 Å². The molecule has 0 amide bonds. The summed E-state index contributed by atoms with van der Waals surface area (Å²) >= 11 is 0. The first-order valence-electron chi connectivity index (χ1n) is 3.08. The minimum Gasteiger partial charge on any atom is -0.409 e. The minimum atomic E-state index is -4.71. The van der Waals surface area contributed by atoms with Crippen LogP contribution in [-0.2, 0) is 10.0 Å². The molecule has 78 valence electrons. The van der Waals surface area contributed by atoms with Gasteiger partial charge in [-0.3, -0.25) is 0 Å². The fraction of sp³-hybridized carbons (Fsp3) is 0.750. The highest BCUT2D eigenvalue weighted by Gasteiger charge is 2.26. The van der Waals surface area contributed by atoms with E-state index in [2.05, 4.69) is 5.16 Å². The number of oxime groups is 1. The average Bonchev–Trinajstić information content (AvgIpc) is 2.01. The van der Waals surface area contributed by atoms with E-state index >= 15 is 0 Å². The summed E-state index contributed by atoms with van der Waals surface area (Å²) < 4.78 is 46.0. The van der Waals surface area contributed by atoms with E-state index in [1.807, 2.05) is 0 Å². The second-order valence-electron chi connectivity index (χ2n) is 2.17. The topological polar surface area (TPSA) is 105 Å². The van der Waals surface area contributed by atoms with Gasteiger partial charge in [0.15, 0.2) is 5.84 Å². The monoisotopic (exact) mass is 217 g/mol. The molecule has 0 aliphatic rings. The molecule has 9 heteroatoms. The van der Waals surface area contributed by atoms with E-state index in [9.17, 15) is 17.2 Å². The second kappa shape index (κ2) is 4.33. The number of hydrogen-bond acceptors (Lipinski definition) is 4. The molecule has 0 aromatic carbocycles. The molecular formula is C4H9F2N3O3S. The van der Waals surface area contributed by atoms with Crippen molar-refractivity contribution in [1.29, 1.82) is 0 Å². The number of alkyl halides is 2. The number of amidine groups is 1. The number of sulfonamides is 1. The first-order valence-corrected chi connectivity index (χ1v) is 4.62. The highest BCUT2D eigenvalue weighted by atomic mass is 32.2. The van der Waals surface area contributed by atoms with Gasteiger partial charge in [-0.05, 0) is 6.92 Å². The molecule has 1 atom stereocenters. The lowest BCUT2D eigenvalue weighted by Gasteiger charge is -2.11. The van der Waals surface area contributed by atoms with Crippen molar-refractivity contribution in [2.24, 2.45) is 10.9 Å². The van der Waals surface area contributed by atoms with Gasteiger partial charge in [-0.2, -0.15) is 13.5 Å². The van der Waals surface area contributed by atoms with Crippen LogP contribution in [0.1, 0.15) is 6.92 Å². The number of nitrogens with zero attached hydrogens (tertiary/aromatic N) is 1. The summed E-state index contributed by atoms with van der Waals surface area (Å²) in [7, 11) is -4.71. The standard InChI is InChI=1S/C4H9F2N3O3S/c1-2(3(7)8-10)9-13(11,12)4(5)6/h2,4,9-10H,1H3,(H2,7,8). The molecule has 0 saturated carbocycles. The van der Waals surface area contributed by atoms with Crippen LogP contribution in [0.25, 0.3) is 0 Å². The molecule has 0 heterocycles. The smallest absolute Gasteiger partial charge is 0.350 e. The van der Waals surface area contributed by atoms with Crippen molar-refractivity contribution in [1.82, 2.24) is 4.72 Å². The van der Waals surface area contributed by atoms with Gasteiger partial charge in [-0.15, -0.1) is 0 Å². The summed E-state index contributed by atoms with van der Waals surface area (Å²) in [5.74, 6) is -4.04. The minimum absolute atomic E-state index is 0.496. The van der Waals surface area contributed by atoms with Crippen molar-refractivity contribution in [2.75, 3.05) is 0 Å². The zero-order valence-electron chi connectivity index (χ0n) is 6.61. The van der Waals surface area contributed by atoms with Gasteiger partial charge in [0.25, 0.3) is 10.0 Å². The van der Waals surface area contributed by atoms with Crippen molar-refractivity contribution < 1.29 is 22.4 Å². The lowest BCUT2D eigenvalue weighted by molar-refractivity contribution is 0.232. The van der Waals surface area contributed by atoms with Crippen LogP contribution < -0.4 is 10.5 Å². The first kappa shape index (κ1) is 12.0. The fourth-order valence-electron chi connectivity index (χ4n) is 0.445. The molecule has 0 saturated heterocycles. The van der Waals surface area contributed by atoms with Crippen molar-refractivity contribution in [3.63, 3.8) is 0 Å². The average molecular weight is 217 g/mol. The van der Waals surface area contributed by atoms with E-state index in [0.29, 0.717) is 0 Å². The second-order valence-corrected chi connectivity index (χ2v) is 3.85. The Bertz CT molecular complexity index is 289. The number of rotatable bonds is 4. The van der Waals surface area contributed by atoms with E-state index in [1.165, 1.54) is 4.72 Å². The van der Waals surface area contributed by atoms with Gasteiger partial charge < -0.3 is 10.9 Å². The molecule has 0 aromatic heterocycles. The van der Waals surface area contributed by atoms with E-state index in [0.717, 1.165) is 6.92 Å². The molecule has 0 fully saturated rings. The molecule has 0 aliphatic heterocycles. The molecule has 0 spiro atoms. The molecule has 1 unspecified atom stereocenters. The summed E-state index contributed by atoms with van der Waals surface area (Å²) in [5, 5.41) is 10.5. The van der Waals surface area contributed by atoms with Crippen LogP contribution in [0.4, 0.5) is 8.78 Å². The Kier molecular flexibility index (Phi) is 4.01. The normalized spacial score (nSPS) is 16.2. The molecule has 13 heavy (non-hydrogen) atoms. The summed E-state index contributed by atoms with van der Waals surface area (Å²) in [6, 6.07) is -1.18. The first-order chi connectivity index (χ1) is 5.81. The van der Waals surface area contributed by atoms with Crippen LogP contribution in [0.2, 0.25) is 0 Å². The third-order valence-electron chi connectivity index (χ3n) is 1.13. The molecule has 0 radical (unpaired) electrons. The van der Waals surface area contributed by atoms with Gasteiger partial charge in [-0.25, -0.2) is 8.42 Å². The summed E-state index contributed by atoms with van der Waals surface area (Å²) in [6.45, 7) is 1.16. The van der Waals surface area contributed by atoms with Gasteiger partial charge in [-0.1, -0.05) is 5.16 Å². The third kappa shape index (κ3) is 3.51. The fourth-order valence-corrected chi connectivity index (χ4v) is 1.16. The quantitative estimate of drug-likeness (QED) is 0.250. The highest BCUT2D eigenvalue weighted by Crippen LogP contribution is 2.02. The summed E-state index contributed by atoms with van der Waals surface area (Å²) in [4.78, 5) is 0. The molecule has 0 aliphatic carbocycles. The Labute approximate surface area is 73.5 Å². The Hall–Kier alpha value is -0.960. The Morgan fingerprint density at radius 2 is 2.08 bits per heavy atom. The van der Waals surface area contributed by atoms with Crippen LogP contribution in [0.5, 0.6) is 0 Å². The van der Waals surface area contributed by atoms with E-state index < -0.39 is 27.7 Å². The van der Waals surface area contributed by atoms with Crippen LogP contribution in [0.3, 0.4) is 0 Å². The predicted octanol–water partition coefficient (Wildman–Crippen LogP) is -0.737. The van der Waals surface area contributed by atoms with Gasteiger partial charge in [0, 0.05) is 0 Å². The van der Waals surface area contributed by atoms with Gasteiger partial charge >= 0.3 is 5.76 Å². The van der Waals surface area contributed by atoms with Crippen molar-refractivity contribution in [2.45, 2.75) is 18.7 Å². The third-order valence-corrected chi connectivity index (χ3v) is 2.29. The van der Waals surface area contributed by atoms with Crippen LogP contribution in [-0.4, -0.2) is 31.3 Å². The molecule has 0 aromatic rings. The van der Waals surface area contributed by atoms with E-state index in [-0.39, 0.29) is 0 Å². The zero-order valence-corrected chi connectivity index (χ0v) is 7.42. The van der Waals surface area contributed by atoms with Crippen LogP contribution in [0, 0.1) is 0 Å². The molecule has 4 N–H and O–H groups in total. The summed E-state index contributed by atoms with van der Waals surface area (Å²) in [6.07, 6.45) is 0. The van der Waals surface area contributed by atoms with Crippen LogP contribution in [0.15, 0.2) is 5.16 Å². The van der Waals surface area contributed by atoms with E-state index in [4.69, 9.17) is 10.9 Å². The lowest BCUT2D eigenvalue weighted by Crippen LogP contribution is -2.44. The van der Waals surface area contributed by atoms with Crippen molar-refractivity contribution in [3.05, 3.63) is 0 Å². The van der Waals surface area contributed by atoms with Gasteiger partial charge in [0.2, 0.25) is 0 Å². The Morgan fingerprint density at radius 1 is 1.62 bits per heavy atom. The SMILES string of the molecule is CC(NS(=O)(=O)C(F)F)/C(N)=N/O. The number of halogens is 2. The largest absolute Gasteiger partial charge is 0.409 e. The Balaban J connectivity index is 4.47. The highest BCUT2D eigenvalue weighted by molar-refractivity contribution is 7.89. The maximum absolute atomic E-state index is 11.7. The number of nitrogens with two attached hydrogens (primary N) is 1. The predicted molar refractivity (Wildman–Crippen MR) is 40.9 cm³/mol. The number of nitrogens with one attached hydrogen (secondary N) is 1. The Morgan fingerprint density at radius 3 is 2.38 bits per heavy atom. The maximum atomic E-state index is 11.7. The molecule has 0 rings (SSSR count). The zero-order chi connectivity index (χ0) is 10.6. The van der Waals surface area contributed by atoms with Crippen molar-refractivity contribution >= 4 is 15.9 Å². The molecule has 0 bridgehead atoms. The lowest BCUT2D eigenvalue weighted by atomic mass is 10.3. The maximum Gasteiger partial charge on any atom is 0.350 e. The molecular weight excluding hydrogens is 208 g/mol. The van der Waals surface area contributed by atoms with Gasteiger partial charge in [0.1, 0.15) is 0 Å². The van der Waals surface area contributed by atoms with Crippen molar-refractivity contribution in [3.8, 4) is 0 Å². The van der Waals surface area contributed by atoms with E-state index in [1.54, 1.807) is 0 Å². The molecule has 6 nitrogen and oxygen atoms in total. The number of hydrogen-bond donors (Lipinski definition) is 3. The summed E-state index contributed by atoms with van der Waals surface area (Å²) in [5.41, 5.74) is 4.95.